The fourth-order valence-corrected chi connectivity index (χ4v) is 2.92. The minimum atomic E-state index is 0.265. The third-order valence-corrected chi connectivity index (χ3v) is 4.22. The molecule has 17 heavy (non-hydrogen) atoms. The van der Waals surface area contributed by atoms with Crippen molar-refractivity contribution in [2.75, 3.05) is 12.4 Å². The summed E-state index contributed by atoms with van der Waals surface area (Å²) in [4.78, 5) is 5.44. The maximum Gasteiger partial charge on any atom is 0.213 e. The number of nitrogens with one attached hydrogen (secondary N) is 1. The summed E-state index contributed by atoms with van der Waals surface area (Å²) in [5.41, 5.74) is 0.989. The zero-order chi connectivity index (χ0) is 12.3. The molecule has 2 aromatic heterocycles. The molecule has 0 aliphatic heterocycles. The van der Waals surface area contributed by atoms with Gasteiger partial charge in [0.15, 0.2) is 0 Å². The van der Waals surface area contributed by atoms with Crippen LogP contribution in [-0.2, 0) is 0 Å². The molecule has 0 aromatic carbocycles. The number of rotatable bonds is 4. The van der Waals surface area contributed by atoms with Crippen LogP contribution in [0.3, 0.4) is 0 Å². The van der Waals surface area contributed by atoms with Crippen LogP contribution in [0.4, 0.5) is 5.69 Å². The first-order valence-corrected chi connectivity index (χ1v) is 6.87. The van der Waals surface area contributed by atoms with Crippen LogP contribution in [-0.4, -0.2) is 12.1 Å². The van der Waals surface area contributed by atoms with E-state index >= 15 is 0 Å². The van der Waals surface area contributed by atoms with Crippen LogP contribution < -0.4 is 10.1 Å². The molecule has 0 radical (unpaired) electrons. The Bertz CT molecular complexity index is 484. The third-order valence-electron chi connectivity index (χ3n) is 2.34. The maximum atomic E-state index is 5.02. The van der Waals surface area contributed by atoms with Gasteiger partial charge in [-0.2, -0.15) is 0 Å². The predicted molar refractivity (Wildman–Crippen MR) is 74.8 cm³/mol. The molecular formula is C12H13BrN2OS. The highest BCUT2D eigenvalue weighted by Crippen LogP contribution is 2.27. The van der Waals surface area contributed by atoms with E-state index in [1.807, 2.05) is 12.1 Å². The zero-order valence-electron chi connectivity index (χ0n) is 9.61. The van der Waals surface area contributed by atoms with Gasteiger partial charge in [0.2, 0.25) is 5.88 Å². The van der Waals surface area contributed by atoms with Gasteiger partial charge in [-0.1, -0.05) is 0 Å². The normalized spacial score (nSPS) is 12.2. The van der Waals surface area contributed by atoms with E-state index in [0.29, 0.717) is 5.88 Å². The first-order valence-electron chi connectivity index (χ1n) is 5.19. The predicted octanol–water partition coefficient (Wildman–Crippen LogP) is 4.09. The lowest BCUT2D eigenvalue weighted by Crippen LogP contribution is -2.05. The summed E-state index contributed by atoms with van der Waals surface area (Å²) in [6.07, 6.45) is 1.78. The molecule has 0 spiro atoms. The molecule has 1 atom stereocenters. The van der Waals surface area contributed by atoms with E-state index in [0.717, 1.165) is 10.2 Å². The molecule has 0 amide bonds. The summed E-state index contributed by atoms with van der Waals surface area (Å²) in [6.45, 7) is 2.13. The third kappa shape index (κ3) is 3.20. The standard InChI is InChI=1S/C12H13BrN2OS/c1-8(11-5-9(13)7-17-11)15-10-3-4-12(16-2)14-6-10/h3-8,15H,1-2H3. The highest BCUT2D eigenvalue weighted by Gasteiger charge is 2.08. The number of halogens is 1. The van der Waals surface area contributed by atoms with Crippen molar-refractivity contribution in [3.63, 3.8) is 0 Å². The molecule has 0 saturated carbocycles. The van der Waals surface area contributed by atoms with Crippen LogP contribution >= 0.6 is 27.3 Å². The lowest BCUT2D eigenvalue weighted by Gasteiger charge is -2.13. The van der Waals surface area contributed by atoms with E-state index in [9.17, 15) is 0 Å². The van der Waals surface area contributed by atoms with E-state index < -0.39 is 0 Å². The molecular weight excluding hydrogens is 300 g/mol. The van der Waals surface area contributed by atoms with Crippen molar-refractivity contribution in [2.45, 2.75) is 13.0 Å². The molecule has 1 unspecified atom stereocenters. The molecule has 2 heterocycles. The van der Waals surface area contributed by atoms with Gasteiger partial charge in [0, 0.05) is 20.8 Å². The molecule has 0 saturated heterocycles. The number of anilines is 1. The minimum absolute atomic E-state index is 0.265. The van der Waals surface area contributed by atoms with Crippen molar-refractivity contribution in [3.8, 4) is 5.88 Å². The second kappa shape index (κ2) is 5.51. The lowest BCUT2D eigenvalue weighted by atomic mass is 10.2. The van der Waals surface area contributed by atoms with Crippen molar-refractivity contribution in [1.82, 2.24) is 4.98 Å². The Kier molecular flexibility index (Phi) is 4.02. The summed E-state index contributed by atoms with van der Waals surface area (Å²) < 4.78 is 6.14. The number of nitrogens with zero attached hydrogens (tertiary/aromatic N) is 1. The van der Waals surface area contributed by atoms with Gasteiger partial charge in [-0.25, -0.2) is 4.98 Å². The van der Waals surface area contributed by atoms with Crippen molar-refractivity contribution in [3.05, 3.63) is 39.1 Å². The van der Waals surface area contributed by atoms with Crippen molar-refractivity contribution in [1.29, 1.82) is 0 Å². The SMILES string of the molecule is COc1ccc(NC(C)c2cc(Br)cs2)cn1. The molecule has 1 N–H and O–H groups in total. The number of hydrogen-bond donors (Lipinski definition) is 1. The summed E-state index contributed by atoms with van der Waals surface area (Å²) in [5, 5.41) is 5.48. The van der Waals surface area contributed by atoms with Gasteiger partial charge < -0.3 is 10.1 Å². The maximum absolute atomic E-state index is 5.02. The van der Waals surface area contributed by atoms with Crippen LogP contribution in [0.2, 0.25) is 0 Å². The van der Waals surface area contributed by atoms with Gasteiger partial charge in [0.05, 0.1) is 25.0 Å². The number of methoxy groups -OCH3 is 1. The number of aromatic nitrogens is 1. The fourth-order valence-electron chi connectivity index (χ4n) is 1.46. The van der Waals surface area contributed by atoms with Gasteiger partial charge in [0.1, 0.15) is 0 Å². The number of thiophene rings is 1. The van der Waals surface area contributed by atoms with Crippen LogP contribution in [0.25, 0.3) is 0 Å². The highest BCUT2D eigenvalue weighted by atomic mass is 79.9. The Labute approximate surface area is 113 Å². The molecule has 0 aliphatic carbocycles. The van der Waals surface area contributed by atoms with Gasteiger partial charge in [-0.3, -0.25) is 0 Å². The molecule has 0 fully saturated rings. The zero-order valence-corrected chi connectivity index (χ0v) is 12.0. The number of hydrogen-bond acceptors (Lipinski definition) is 4. The van der Waals surface area contributed by atoms with Gasteiger partial charge in [-0.05, 0) is 35.0 Å². The van der Waals surface area contributed by atoms with Crippen molar-refractivity contribution in [2.24, 2.45) is 0 Å². The van der Waals surface area contributed by atoms with E-state index in [2.05, 4.69) is 44.6 Å². The first-order chi connectivity index (χ1) is 8.19. The summed E-state index contributed by atoms with van der Waals surface area (Å²) in [7, 11) is 1.61. The number of ether oxygens (including phenoxy) is 1. The molecule has 0 bridgehead atoms. The van der Waals surface area contributed by atoms with Crippen molar-refractivity contribution < 1.29 is 4.74 Å². The van der Waals surface area contributed by atoms with Gasteiger partial charge in [-0.15, -0.1) is 11.3 Å². The molecule has 5 heteroatoms. The van der Waals surface area contributed by atoms with Crippen LogP contribution in [0.1, 0.15) is 17.8 Å². The van der Waals surface area contributed by atoms with Crippen LogP contribution in [0, 0.1) is 0 Å². The summed E-state index contributed by atoms with van der Waals surface area (Å²) in [5.74, 6) is 0.627. The molecule has 2 rings (SSSR count). The van der Waals surface area contributed by atoms with E-state index in [4.69, 9.17) is 4.74 Å². The Morgan fingerprint density at radius 1 is 1.47 bits per heavy atom. The van der Waals surface area contributed by atoms with E-state index in [1.54, 1.807) is 24.6 Å². The highest BCUT2D eigenvalue weighted by molar-refractivity contribution is 9.10. The van der Waals surface area contributed by atoms with Crippen molar-refractivity contribution >= 4 is 33.0 Å². The molecule has 2 aromatic rings. The Morgan fingerprint density at radius 2 is 2.29 bits per heavy atom. The first kappa shape index (κ1) is 12.4. The molecule has 90 valence electrons. The molecule has 3 nitrogen and oxygen atoms in total. The van der Waals surface area contributed by atoms with Crippen LogP contribution in [0.15, 0.2) is 34.2 Å². The topological polar surface area (TPSA) is 34.1 Å². The second-order valence-corrected chi connectivity index (χ2v) is 5.48. The Balaban J connectivity index is 2.04. The Morgan fingerprint density at radius 3 is 2.82 bits per heavy atom. The van der Waals surface area contributed by atoms with Gasteiger partial charge >= 0.3 is 0 Å². The minimum Gasteiger partial charge on any atom is -0.481 e. The fraction of sp³-hybridized carbons (Fsp3) is 0.250. The quantitative estimate of drug-likeness (QED) is 0.923. The average Bonchev–Trinajstić information content (AvgIpc) is 2.77. The number of pyridine rings is 1. The Hall–Kier alpha value is -1.07. The smallest absolute Gasteiger partial charge is 0.213 e. The van der Waals surface area contributed by atoms with Gasteiger partial charge in [0.25, 0.3) is 0 Å². The monoisotopic (exact) mass is 312 g/mol. The van der Waals surface area contributed by atoms with Crippen LogP contribution in [0.5, 0.6) is 5.88 Å². The summed E-state index contributed by atoms with van der Waals surface area (Å²) in [6, 6.07) is 6.20. The average molecular weight is 313 g/mol. The largest absolute Gasteiger partial charge is 0.481 e. The summed E-state index contributed by atoms with van der Waals surface area (Å²) >= 11 is 5.19. The second-order valence-electron chi connectivity index (χ2n) is 3.62. The molecule has 0 aliphatic rings. The van der Waals surface area contributed by atoms with E-state index in [-0.39, 0.29) is 6.04 Å². The van der Waals surface area contributed by atoms with E-state index in [1.165, 1.54) is 4.88 Å². The lowest BCUT2D eigenvalue weighted by molar-refractivity contribution is 0.398.